The summed E-state index contributed by atoms with van der Waals surface area (Å²) in [7, 11) is 0. The molecule has 7 nitrogen and oxygen atoms in total. The molecule has 2 unspecified atom stereocenters. The van der Waals surface area contributed by atoms with Gasteiger partial charge in [0.2, 0.25) is 5.91 Å². The van der Waals surface area contributed by atoms with Gasteiger partial charge in [-0.05, 0) is 23.6 Å². The van der Waals surface area contributed by atoms with E-state index in [0.717, 1.165) is 17.8 Å². The van der Waals surface area contributed by atoms with Crippen LogP contribution in [0, 0.1) is 5.92 Å². The molecule has 30 heavy (non-hydrogen) atoms. The van der Waals surface area contributed by atoms with Crippen molar-refractivity contribution in [2.45, 2.75) is 32.9 Å². The van der Waals surface area contributed by atoms with Gasteiger partial charge in [0.05, 0.1) is 0 Å². The van der Waals surface area contributed by atoms with Crippen LogP contribution in [0.3, 0.4) is 0 Å². The van der Waals surface area contributed by atoms with Crippen LogP contribution < -0.4 is 10.2 Å². The normalized spacial score (nSPS) is 15.9. The van der Waals surface area contributed by atoms with E-state index in [1.807, 2.05) is 67.3 Å². The number of nitrogens with zero attached hydrogens (tertiary/aromatic N) is 3. The summed E-state index contributed by atoms with van der Waals surface area (Å²) in [6.45, 7) is 6.80. The maximum absolute atomic E-state index is 13.2. The number of carbonyl (C=O) groups is 2. The Labute approximate surface area is 178 Å². The number of aromatic nitrogens is 1. The van der Waals surface area contributed by atoms with Gasteiger partial charge in [-0.15, -0.1) is 0 Å². The van der Waals surface area contributed by atoms with Crippen molar-refractivity contribution >= 4 is 17.8 Å². The number of anilines is 1. The first-order chi connectivity index (χ1) is 14.6. The molecule has 1 aliphatic heterocycles. The van der Waals surface area contributed by atoms with Crippen molar-refractivity contribution in [1.29, 1.82) is 0 Å². The smallest absolute Gasteiger partial charge is 0.408 e. The van der Waals surface area contributed by atoms with Crippen LogP contribution in [0.4, 0.5) is 10.6 Å². The minimum atomic E-state index is -0.598. The van der Waals surface area contributed by atoms with Gasteiger partial charge in [0.15, 0.2) is 0 Å². The first-order valence-corrected chi connectivity index (χ1v) is 10.5. The lowest BCUT2D eigenvalue weighted by Gasteiger charge is -2.38. The van der Waals surface area contributed by atoms with Crippen LogP contribution in [0.5, 0.6) is 0 Å². The van der Waals surface area contributed by atoms with Gasteiger partial charge in [0.25, 0.3) is 0 Å². The van der Waals surface area contributed by atoms with Crippen LogP contribution in [-0.2, 0) is 16.1 Å². The lowest BCUT2D eigenvalue weighted by atomic mass is 9.97. The molecule has 2 aromatic rings. The van der Waals surface area contributed by atoms with E-state index in [4.69, 9.17) is 4.74 Å². The molecule has 1 saturated heterocycles. The Hall–Kier alpha value is -3.09. The third kappa shape index (κ3) is 5.72. The molecule has 0 radical (unpaired) electrons. The average Bonchev–Trinajstić information content (AvgIpc) is 2.81. The number of hydrogen-bond donors (Lipinski definition) is 1. The number of pyridine rings is 1. The highest BCUT2D eigenvalue weighted by atomic mass is 16.5. The van der Waals surface area contributed by atoms with Gasteiger partial charge < -0.3 is 19.9 Å². The number of benzene rings is 1. The zero-order chi connectivity index (χ0) is 21.3. The fraction of sp³-hybridized carbons (Fsp3) is 0.435. The Balaban J connectivity index is 1.55. The largest absolute Gasteiger partial charge is 0.445 e. The maximum atomic E-state index is 13.2. The summed E-state index contributed by atoms with van der Waals surface area (Å²) in [5, 5.41) is 2.80. The van der Waals surface area contributed by atoms with Crippen LogP contribution in [0.25, 0.3) is 0 Å². The second kappa shape index (κ2) is 10.6. The number of piperazine rings is 1. The van der Waals surface area contributed by atoms with Crippen LogP contribution in [0.15, 0.2) is 54.7 Å². The van der Waals surface area contributed by atoms with E-state index in [0.29, 0.717) is 26.2 Å². The van der Waals surface area contributed by atoms with Crippen molar-refractivity contribution in [2.75, 3.05) is 31.1 Å². The van der Waals surface area contributed by atoms with Gasteiger partial charge in [0, 0.05) is 32.4 Å². The van der Waals surface area contributed by atoms with E-state index in [-0.39, 0.29) is 18.4 Å². The summed E-state index contributed by atoms with van der Waals surface area (Å²) in [5.74, 6) is 0.878. The van der Waals surface area contributed by atoms with Gasteiger partial charge in [-0.2, -0.15) is 0 Å². The molecule has 1 aliphatic rings. The highest BCUT2D eigenvalue weighted by Crippen LogP contribution is 2.16. The predicted octanol–water partition coefficient (Wildman–Crippen LogP) is 3.07. The molecule has 0 bridgehead atoms. The summed E-state index contributed by atoms with van der Waals surface area (Å²) in [6, 6.07) is 14.7. The monoisotopic (exact) mass is 410 g/mol. The highest BCUT2D eigenvalue weighted by Gasteiger charge is 2.32. The van der Waals surface area contributed by atoms with Crippen molar-refractivity contribution in [3.8, 4) is 0 Å². The van der Waals surface area contributed by atoms with Crippen molar-refractivity contribution < 1.29 is 14.3 Å². The number of alkyl carbamates (subject to hydrolysis) is 1. The number of rotatable bonds is 7. The zero-order valence-corrected chi connectivity index (χ0v) is 17.7. The number of nitrogens with one attached hydrogen (secondary N) is 1. The van der Waals surface area contributed by atoms with Crippen molar-refractivity contribution in [3.63, 3.8) is 0 Å². The molecular formula is C23H30N4O3. The molecule has 3 rings (SSSR count). The standard InChI is InChI=1S/C23H30N4O3/c1-3-18(2)21(25-23(29)30-17-19-9-5-4-6-10-19)22(28)27-15-13-26(14-16-27)20-11-7-8-12-24-20/h4-12,18,21H,3,13-17H2,1-2H3,(H,25,29). The second-order valence-corrected chi connectivity index (χ2v) is 7.57. The second-order valence-electron chi connectivity index (χ2n) is 7.57. The molecule has 0 aliphatic carbocycles. The number of ether oxygens (including phenoxy) is 1. The zero-order valence-electron chi connectivity index (χ0n) is 17.7. The summed E-state index contributed by atoms with van der Waals surface area (Å²) < 4.78 is 5.33. The first kappa shape index (κ1) is 21.6. The van der Waals surface area contributed by atoms with E-state index >= 15 is 0 Å². The minimum Gasteiger partial charge on any atom is -0.445 e. The molecule has 2 amide bonds. The Bertz CT molecular complexity index is 808. The van der Waals surface area contributed by atoms with Gasteiger partial charge in [-0.3, -0.25) is 4.79 Å². The van der Waals surface area contributed by atoms with Gasteiger partial charge >= 0.3 is 6.09 Å². The molecule has 2 atom stereocenters. The van der Waals surface area contributed by atoms with Crippen molar-refractivity contribution in [2.24, 2.45) is 5.92 Å². The minimum absolute atomic E-state index is 0.00981. The molecule has 2 heterocycles. The number of amides is 2. The Morgan fingerprint density at radius 1 is 1.07 bits per heavy atom. The van der Waals surface area contributed by atoms with Crippen molar-refractivity contribution in [3.05, 3.63) is 60.3 Å². The SMILES string of the molecule is CCC(C)C(NC(=O)OCc1ccccc1)C(=O)N1CCN(c2ccccn2)CC1. The number of hydrogen-bond acceptors (Lipinski definition) is 5. The molecular weight excluding hydrogens is 380 g/mol. The quantitative estimate of drug-likeness (QED) is 0.759. The topological polar surface area (TPSA) is 74.8 Å². The predicted molar refractivity (Wildman–Crippen MR) is 116 cm³/mol. The van der Waals surface area contributed by atoms with Crippen LogP contribution in [0.1, 0.15) is 25.8 Å². The van der Waals surface area contributed by atoms with Crippen LogP contribution in [0.2, 0.25) is 0 Å². The lowest BCUT2D eigenvalue weighted by molar-refractivity contribution is -0.135. The van der Waals surface area contributed by atoms with Crippen molar-refractivity contribution in [1.82, 2.24) is 15.2 Å². The first-order valence-electron chi connectivity index (χ1n) is 10.5. The van der Waals surface area contributed by atoms with Gasteiger partial charge in [0.1, 0.15) is 18.5 Å². The maximum Gasteiger partial charge on any atom is 0.408 e. The third-order valence-corrected chi connectivity index (χ3v) is 5.53. The lowest BCUT2D eigenvalue weighted by Crippen LogP contribution is -2.56. The molecule has 1 aromatic carbocycles. The van der Waals surface area contributed by atoms with Crippen LogP contribution in [-0.4, -0.2) is 54.1 Å². The molecule has 1 N–H and O–H groups in total. The van der Waals surface area contributed by atoms with E-state index in [9.17, 15) is 9.59 Å². The van der Waals surface area contributed by atoms with E-state index in [1.165, 1.54) is 0 Å². The third-order valence-electron chi connectivity index (χ3n) is 5.53. The van der Waals surface area contributed by atoms with E-state index in [2.05, 4.69) is 15.2 Å². The molecule has 0 saturated carbocycles. The molecule has 7 heteroatoms. The summed E-state index contributed by atoms with van der Waals surface area (Å²) in [5.41, 5.74) is 0.907. The molecule has 0 spiro atoms. The van der Waals surface area contributed by atoms with Gasteiger partial charge in [-0.1, -0.05) is 56.7 Å². The Kier molecular flexibility index (Phi) is 7.65. The fourth-order valence-electron chi connectivity index (χ4n) is 3.47. The highest BCUT2D eigenvalue weighted by molar-refractivity contribution is 5.86. The summed E-state index contributed by atoms with van der Waals surface area (Å²) in [6.07, 6.45) is 1.99. The fourth-order valence-corrected chi connectivity index (χ4v) is 3.47. The summed E-state index contributed by atoms with van der Waals surface area (Å²) in [4.78, 5) is 33.9. The van der Waals surface area contributed by atoms with E-state index < -0.39 is 12.1 Å². The molecule has 160 valence electrons. The summed E-state index contributed by atoms with van der Waals surface area (Å²) >= 11 is 0. The number of carbonyl (C=O) groups excluding carboxylic acids is 2. The molecule has 1 aromatic heterocycles. The average molecular weight is 411 g/mol. The van der Waals surface area contributed by atoms with E-state index in [1.54, 1.807) is 6.20 Å². The molecule has 1 fully saturated rings. The van der Waals surface area contributed by atoms with Gasteiger partial charge in [-0.25, -0.2) is 9.78 Å². The Morgan fingerprint density at radius 3 is 2.40 bits per heavy atom. The Morgan fingerprint density at radius 2 is 1.77 bits per heavy atom. The van der Waals surface area contributed by atoms with Crippen LogP contribution >= 0.6 is 0 Å².